The van der Waals surface area contributed by atoms with Gasteiger partial charge in [0, 0.05) is 11.6 Å². The van der Waals surface area contributed by atoms with Gasteiger partial charge in [-0.3, -0.25) is 4.79 Å². The molecular weight excluding hydrogens is 254 g/mol. The lowest BCUT2D eigenvalue weighted by atomic mass is 10.1. The van der Waals surface area contributed by atoms with Crippen LogP contribution in [0.4, 0.5) is 8.78 Å². The standard InChI is InChI=1S/C12H12F2N4O/c1-7(16-12(19)11-6-15-18-17-11)5-8-9(13)3-2-4-10(8)14/h2-4,6-7H,5H2,1H3,(H,16,19)(H,15,17,18). The van der Waals surface area contributed by atoms with Gasteiger partial charge >= 0.3 is 0 Å². The van der Waals surface area contributed by atoms with E-state index in [1.54, 1.807) is 6.92 Å². The highest BCUT2D eigenvalue weighted by Crippen LogP contribution is 2.14. The molecule has 19 heavy (non-hydrogen) atoms. The van der Waals surface area contributed by atoms with Gasteiger partial charge in [0.2, 0.25) is 0 Å². The van der Waals surface area contributed by atoms with E-state index in [1.165, 1.54) is 24.4 Å². The third kappa shape index (κ3) is 3.12. The first-order valence-electron chi connectivity index (χ1n) is 5.67. The second-order valence-electron chi connectivity index (χ2n) is 4.13. The van der Waals surface area contributed by atoms with Gasteiger partial charge in [0.05, 0.1) is 6.20 Å². The van der Waals surface area contributed by atoms with Gasteiger partial charge in [-0.2, -0.15) is 15.4 Å². The number of nitrogens with zero attached hydrogens (tertiary/aromatic N) is 2. The van der Waals surface area contributed by atoms with Crippen molar-refractivity contribution in [3.63, 3.8) is 0 Å². The van der Waals surface area contributed by atoms with E-state index in [1.807, 2.05) is 0 Å². The van der Waals surface area contributed by atoms with Crippen LogP contribution in [-0.2, 0) is 6.42 Å². The number of amides is 1. The maximum Gasteiger partial charge on any atom is 0.273 e. The molecule has 100 valence electrons. The topological polar surface area (TPSA) is 70.7 Å². The highest BCUT2D eigenvalue weighted by atomic mass is 19.1. The third-order valence-corrected chi connectivity index (χ3v) is 2.60. The fraction of sp³-hybridized carbons (Fsp3) is 0.250. The van der Waals surface area contributed by atoms with Gasteiger partial charge in [-0.25, -0.2) is 8.78 Å². The minimum absolute atomic E-state index is 0.0459. The fourth-order valence-electron chi connectivity index (χ4n) is 1.69. The third-order valence-electron chi connectivity index (χ3n) is 2.60. The van der Waals surface area contributed by atoms with E-state index in [0.717, 1.165) is 0 Å². The van der Waals surface area contributed by atoms with Crippen LogP contribution in [0.3, 0.4) is 0 Å². The molecule has 1 unspecified atom stereocenters. The van der Waals surface area contributed by atoms with Crippen molar-refractivity contribution >= 4 is 5.91 Å². The van der Waals surface area contributed by atoms with Crippen LogP contribution in [-0.4, -0.2) is 27.4 Å². The van der Waals surface area contributed by atoms with E-state index in [0.29, 0.717) is 0 Å². The molecule has 0 fully saturated rings. The molecule has 1 aromatic heterocycles. The molecule has 0 aliphatic carbocycles. The Hall–Kier alpha value is -2.31. The molecule has 0 radical (unpaired) electrons. The van der Waals surface area contributed by atoms with Crippen LogP contribution >= 0.6 is 0 Å². The van der Waals surface area contributed by atoms with Gasteiger partial charge in [0.1, 0.15) is 11.6 Å². The van der Waals surface area contributed by atoms with Crippen molar-refractivity contribution in [2.24, 2.45) is 0 Å². The molecule has 0 aliphatic heterocycles. The summed E-state index contributed by atoms with van der Waals surface area (Å²) in [6.45, 7) is 1.66. The molecule has 0 saturated heterocycles. The number of aromatic amines is 1. The number of halogens is 2. The van der Waals surface area contributed by atoms with E-state index in [4.69, 9.17) is 0 Å². The number of carbonyl (C=O) groups is 1. The maximum atomic E-state index is 13.4. The number of nitrogens with one attached hydrogen (secondary N) is 2. The lowest BCUT2D eigenvalue weighted by Gasteiger charge is -2.13. The van der Waals surface area contributed by atoms with Crippen LogP contribution in [0.2, 0.25) is 0 Å². The Balaban J connectivity index is 2.02. The van der Waals surface area contributed by atoms with Gasteiger partial charge in [0.25, 0.3) is 5.91 Å². The second-order valence-corrected chi connectivity index (χ2v) is 4.13. The number of hydrogen-bond acceptors (Lipinski definition) is 3. The zero-order chi connectivity index (χ0) is 13.8. The van der Waals surface area contributed by atoms with Gasteiger partial charge in [-0.15, -0.1) is 0 Å². The average molecular weight is 266 g/mol. The van der Waals surface area contributed by atoms with Crippen molar-refractivity contribution in [2.45, 2.75) is 19.4 Å². The Morgan fingerprint density at radius 2 is 2.11 bits per heavy atom. The molecule has 1 atom stereocenters. The predicted molar refractivity (Wildman–Crippen MR) is 63.4 cm³/mol. The van der Waals surface area contributed by atoms with Crippen LogP contribution in [0, 0.1) is 11.6 Å². The summed E-state index contributed by atoms with van der Waals surface area (Å²) in [4.78, 5) is 11.7. The Morgan fingerprint density at radius 3 is 2.68 bits per heavy atom. The first kappa shape index (κ1) is 13.1. The Bertz CT molecular complexity index is 551. The van der Waals surface area contributed by atoms with Gasteiger partial charge in [-0.05, 0) is 25.5 Å². The monoisotopic (exact) mass is 266 g/mol. The summed E-state index contributed by atoms with van der Waals surface area (Å²) in [6, 6.07) is 3.23. The highest BCUT2D eigenvalue weighted by Gasteiger charge is 2.16. The van der Waals surface area contributed by atoms with Gasteiger partial charge in [-0.1, -0.05) is 6.07 Å². The Kier molecular flexibility index (Phi) is 3.84. The molecule has 1 heterocycles. The van der Waals surface area contributed by atoms with Gasteiger partial charge < -0.3 is 5.32 Å². The van der Waals surface area contributed by atoms with Crippen LogP contribution in [0.25, 0.3) is 0 Å². The second kappa shape index (κ2) is 5.55. The first-order chi connectivity index (χ1) is 9.08. The quantitative estimate of drug-likeness (QED) is 0.879. The van der Waals surface area contributed by atoms with E-state index in [9.17, 15) is 13.6 Å². The highest BCUT2D eigenvalue weighted by molar-refractivity contribution is 5.91. The minimum atomic E-state index is -0.623. The summed E-state index contributed by atoms with van der Waals surface area (Å²) in [5.74, 6) is -1.69. The van der Waals surface area contributed by atoms with Crippen LogP contribution in [0.1, 0.15) is 23.0 Å². The summed E-state index contributed by atoms with van der Waals surface area (Å²) in [5, 5.41) is 12.0. The number of carbonyl (C=O) groups excluding carboxylic acids is 1. The van der Waals surface area contributed by atoms with Crippen molar-refractivity contribution in [3.05, 3.63) is 47.3 Å². The van der Waals surface area contributed by atoms with Gasteiger partial charge in [0.15, 0.2) is 5.69 Å². The van der Waals surface area contributed by atoms with Crippen molar-refractivity contribution in [2.75, 3.05) is 0 Å². The smallest absolute Gasteiger partial charge is 0.273 e. The summed E-state index contributed by atoms with van der Waals surface area (Å²) in [5.41, 5.74) is 0.0799. The summed E-state index contributed by atoms with van der Waals surface area (Å²) >= 11 is 0. The zero-order valence-corrected chi connectivity index (χ0v) is 10.2. The summed E-state index contributed by atoms with van der Waals surface area (Å²) in [6.07, 6.45) is 1.33. The number of hydrogen-bond donors (Lipinski definition) is 2. The molecule has 2 rings (SSSR count). The molecule has 5 nitrogen and oxygen atoms in total. The Morgan fingerprint density at radius 1 is 1.42 bits per heavy atom. The summed E-state index contributed by atoms with van der Waals surface area (Å²) < 4.78 is 26.9. The molecule has 0 bridgehead atoms. The number of aromatic nitrogens is 3. The SMILES string of the molecule is CC(Cc1c(F)cccc1F)NC(=O)c1cn[nH]n1. The maximum absolute atomic E-state index is 13.4. The number of H-pyrrole nitrogens is 1. The van der Waals surface area contributed by atoms with Crippen LogP contribution < -0.4 is 5.32 Å². The van der Waals surface area contributed by atoms with E-state index in [2.05, 4.69) is 20.7 Å². The largest absolute Gasteiger partial charge is 0.348 e. The lowest BCUT2D eigenvalue weighted by Crippen LogP contribution is -2.34. The molecule has 1 amide bonds. The van der Waals surface area contributed by atoms with E-state index in [-0.39, 0.29) is 17.7 Å². The molecule has 0 saturated carbocycles. The molecule has 2 aromatic rings. The molecule has 0 aliphatic rings. The van der Waals surface area contributed by atoms with E-state index < -0.39 is 23.6 Å². The average Bonchev–Trinajstić information content (AvgIpc) is 2.88. The molecule has 2 N–H and O–H groups in total. The molecular formula is C12H12F2N4O. The van der Waals surface area contributed by atoms with E-state index >= 15 is 0 Å². The number of benzene rings is 1. The molecule has 1 aromatic carbocycles. The first-order valence-corrected chi connectivity index (χ1v) is 5.67. The van der Waals surface area contributed by atoms with Crippen LogP contribution in [0.5, 0.6) is 0 Å². The molecule has 0 spiro atoms. The Labute approximate surface area is 108 Å². The predicted octanol–water partition coefficient (Wildman–Crippen LogP) is 1.44. The van der Waals surface area contributed by atoms with Crippen molar-refractivity contribution in [1.29, 1.82) is 0 Å². The van der Waals surface area contributed by atoms with Crippen molar-refractivity contribution < 1.29 is 13.6 Å². The van der Waals surface area contributed by atoms with Crippen molar-refractivity contribution in [3.8, 4) is 0 Å². The number of rotatable bonds is 4. The fourth-order valence-corrected chi connectivity index (χ4v) is 1.69. The summed E-state index contributed by atoms with van der Waals surface area (Å²) in [7, 11) is 0. The molecule has 7 heteroatoms. The van der Waals surface area contributed by atoms with Crippen LogP contribution in [0.15, 0.2) is 24.4 Å². The van der Waals surface area contributed by atoms with Crippen molar-refractivity contribution in [1.82, 2.24) is 20.7 Å². The minimum Gasteiger partial charge on any atom is -0.348 e. The lowest BCUT2D eigenvalue weighted by molar-refractivity contribution is 0.0934. The zero-order valence-electron chi connectivity index (χ0n) is 10.2. The normalized spacial score (nSPS) is 12.2.